The molecule has 0 amide bonds. The molecular weight excluding hydrogens is 307 g/mol. The standard InChI is InChI=1S/C14H12N2O2Se/c1-9-12(10-6-4-3-5-7-10)15-14-16(9)8-11(19-14)13(17)18-2/h3-8H,1-2H3. The number of nitrogens with zero attached hydrogens (tertiary/aromatic N) is 2. The molecule has 2 aromatic heterocycles. The van der Waals surface area contributed by atoms with E-state index >= 15 is 0 Å². The summed E-state index contributed by atoms with van der Waals surface area (Å²) in [6.45, 7) is 2.02. The minimum atomic E-state index is -0.258. The number of imidazole rings is 1. The number of hydrogen-bond acceptors (Lipinski definition) is 3. The van der Waals surface area contributed by atoms with Crippen LogP contribution in [0, 0.1) is 6.92 Å². The van der Waals surface area contributed by atoms with Gasteiger partial charge in [-0.05, 0) is 0 Å². The summed E-state index contributed by atoms with van der Waals surface area (Å²) in [6.07, 6.45) is 1.84. The quantitative estimate of drug-likeness (QED) is 0.537. The van der Waals surface area contributed by atoms with Gasteiger partial charge >= 0.3 is 116 Å². The van der Waals surface area contributed by atoms with E-state index in [1.54, 1.807) is 0 Å². The van der Waals surface area contributed by atoms with Crippen molar-refractivity contribution in [2.75, 3.05) is 7.11 Å². The monoisotopic (exact) mass is 320 g/mol. The Bertz CT molecular complexity index is 743. The minimum absolute atomic E-state index is 0.0785. The van der Waals surface area contributed by atoms with Crippen LogP contribution in [0.15, 0.2) is 36.5 Å². The van der Waals surface area contributed by atoms with E-state index in [0.717, 1.165) is 21.5 Å². The van der Waals surface area contributed by atoms with Crippen LogP contribution in [-0.4, -0.2) is 37.0 Å². The van der Waals surface area contributed by atoms with Crippen molar-refractivity contribution >= 4 is 25.0 Å². The van der Waals surface area contributed by atoms with Gasteiger partial charge in [0.1, 0.15) is 0 Å². The summed E-state index contributed by atoms with van der Waals surface area (Å²) in [4.78, 5) is 16.2. The Labute approximate surface area is 116 Å². The second-order valence-corrected chi connectivity index (χ2v) is 6.27. The van der Waals surface area contributed by atoms with Crippen molar-refractivity contribution in [1.29, 1.82) is 0 Å². The Kier molecular flexibility index (Phi) is 3.01. The third-order valence-electron chi connectivity index (χ3n) is 3.00. The molecule has 0 saturated heterocycles. The van der Waals surface area contributed by atoms with Crippen molar-refractivity contribution in [3.8, 4) is 11.3 Å². The van der Waals surface area contributed by atoms with E-state index in [1.165, 1.54) is 7.11 Å². The van der Waals surface area contributed by atoms with Gasteiger partial charge < -0.3 is 0 Å². The van der Waals surface area contributed by atoms with Crippen LogP contribution < -0.4 is 0 Å². The van der Waals surface area contributed by atoms with Crippen LogP contribution in [0.25, 0.3) is 15.8 Å². The molecule has 3 aromatic rings. The molecule has 4 nitrogen and oxygen atoms in total. The fourth-order valence-corrected chi connectivity index (χ4v) is 4.00. The van der Waals surface area contributed by atoms with E-state index in [4.69, 9.17) is 4.74 Å². The number of methoxy groups -OCH3 is 1. The third-order valence-corrected chi connectivity index (χ3v) is 5.02. The zero-order valence-corrected chi connectivity index (χ0v) is 12.3. The summed E-state index contributed by atoms with van der Waals surface area (Å²) in [5.74, 6) is -0.258. The van der Waals surface area contributed by atoms with E-state index in [-0.39, 0.29) is 20.5 Å². The number of carbonyl (C=O) groups is 1. The molecule has 0 saturated carbocycles. The molecular formula is C14H12N2O2Se. The molecule has 0 radical (unpaired) electrons. The Morgan fingerprint density at radius 1 is 1.32 bits per heavy atom. The normalized spacial score (nSPS) is 10.8. The first kappa shape index (κ1) is 12.2. The molecule has 1 aromatic carbocycles. The third kappa shape index (κ3) is 2.01. The van der Waals surface area contributed by atoms with E-state index in [0.29, 0.717) is 4.44 Å². The molecule has 0 atom stereocenters. The summed E-state index contributed by atoms with van der Waals surface area (Å²) in [5.41, 5.74) is 3.14. The number of aryl methyl sites for hydroxylation is 1. The van der Waals surface area contributed by atoms with Gasteiger partial charge in [0.05, 0.1) is 0 Å². The molecule has 0 spiro atoms. The number of carbonyl (C=O) groups excluding carboxylic acids is 1. The van der Waals surface area contributed by atoms with E-state index in [1.807, 2.05) is 47.9 Å². The second kappa shape index (κ2) is 4.68. The van der Waals surface area contributed by atoms with Gasteiger partial charge in [0, 0.05) is 0 Å². The molecule has 0 aliphatic carbocycles. The molecule has 0 unspecified atom stereocenters. The first-order chi connectivity index (χ1) is 9.20. The van der Waals surface area contributed by atoms with Crippen LogP contribution in [0.4, 0.5) is 0 Å². The molecule has 3 rings (SSSR count). The predicted octanol–water partition coefficient (Wildman–Crippen LogP) is 2.15. The Morgan fingerprint density at radius 2 is 2.05 bits per heavy atom. The summed E-state index contributed by atoms with van der Waals surface area (Å²) in [7, 11) is 1.41. The number of benzene rings is 1. The van der Waals surface area contributed by atoms with Gasteiger partial charge in [-0.15, -0.1) is 0 Å². The summed E-state index contributed by atoms with van der Waals surface area (Å²) >= 11 is -0.0785. The van der Waals surface area contributed by atoms with Gasteiger partial charge in [-0.1, -0.05) is 0 Å². The summed E-state index contributed by atoms with van der Waals surface area (Å²) in [6, 6.07) is 10.1. The maximum absolute atomic E-state index is 11.5. The maximum atomic E-state index is 11.5. The molecule has 0 bridgehead atoms. The van der Waals surface area contributed by atoms with Crippen molar-refractivity contribution in [1.82, 2.24) is 9.38 Å². The van der Waals surface area contributed by atoms with Gasteiger partial charge in [-0.2, -0.15) is 0 Å². The van der Waals surface area contributed by atoms with E-state index in [9.17, 15) is 4.79 Å². The first-order valence-corrected chi connectivity index (χ1v) is 7.54. The summed E-state index contributed by atoms with van der Waals surface area (Å²) in [5, 5.41) is 0. The van der Waals surface area contributed by atoms with Crippen LogP contribution in [-0.2, 0) is 4.74 Å². The number of rotatable bonds is 2. The zero-order chi connectivity index (χ0) is 13.4. The molecule has 0 fully saturated rings. The fraction of sp³-hybridized carbons (Fsp3) is 0.143. The van der Waals surface area contributed by atoms with Gasteiger partial charge in [0.2, 0.25) is 0 Å². The molecule has 5 heteroatoms. The number of esters is 1. The van der Waals surface area contributed by atoms with E-state index < -0.39 is 0 Å². The van der Waals surface area contributed by atoms with Gasteiger partial charge in [-0.25, -0.2) is 0 Å². The first-order valence-electron chi connectivity index (χ1n) is 5.83. The van der Waals surface area contributed by atoms with Crippen LogP contribution in [0.5, 0.6) is 0 Å². The van der Waals surface area contributed by atoms with Gasteiger partial charge in [-0.3, -0.25) is 0 Å². The molecule has 2 heterocycles. The molecule has 96 valence electrons. The number of ether oxygens (including phenoxy) is 1. The molecule has 19 heavy (non-hydrogen) atoms. The van der Waals surface area contributed by atoms with Crippen molar-refractivity contribution in [2.24, 2.45) is 0 Å². The average molecular weight is 319 g/mol. The Hall–Kier alpha value is -1.84. The van der Waals surface area contributed by atoms with Crippen LogP contribution >= 0.6 is 0 Å². The van der Waals surface area contributed by atoms with Crippen LogP contribution in [0.3, 0.4) is 0 Å². The van der Waals surface area contributed by atoms with Crippen molar-refractivity contribution in [3.05, 3.63) is 46.7 Å². The fourth-order valence-electron chi connectivity index (χ4n) is 2.02. The van der Waals surface area contributed by atoms with Crippen LogP contribution in [0.2, 0.25) is 0 Å². The summed E-state index contributed by atoms with van der Waals surface area (Å²) < 4.78 is 8.41. The van der Waals surface area contributed by atoms with Crippen molar-refractivity contribution in [3.63, 3.8) is 0 Å². The van der Waals surface area contributed by atoms with Crippen molar-refractivity contribution < 1.29 is 9.53 Å². The van der Waals surface area contributed by atoms with Gasteiger partial charge in [0.15, 0.2) is 0 Å². The Balaban J connectivity index is 2.13. The number of aromatic nitrogens is 2. The molecule has 0 aliphatic heterocycles. The zero-order valence-electron chi connectivity index (χ0n) is 10.6. The van der Waals surface area contributed by atoms with Gasteiger partial charge in [0.25, 0.3) is 0 Å². The average Bonchev–Trinajstić information content (AvgIpc) is 2.99. The van der Waals surface area contributed by atoms with Crippen LogP contribution in [0.1, 0.15) is 14.9 Å². The molecule has 0 N–H and O–H groups in total. The second-order valence-electron chi connectivity index (χ2n) is 4.15. The molecule has 0 aliphatic rings. The predicted molar refractivity (Wildman–Crippen MR) is 73.6 cm³/mol. The van der Waals surface area contributed by atoms with Crippen molar-refractivity contribution in [2.45, 2.75) is 6.92 Å². The Morgan fingerprint density at radius 3 is 2.68 bits per heavy atom. The number of fused-ring (bicyclic) bond motifs is 1. The topological polar surface area (TPSA) is 43.6 Å². The van der Waals surface area contributed by atoms with E-state index in [2.05, 4.69) is 4.98 Å². The SMILES string of the molecule is COC(=O)c1cn2c(C)c(-c3ccccc3)nc2[se]1. The number of hydrogen-bond donors (Lipinski definition) is 0.